The molecule has 1 heterocycles. The minimum Gasteiger partial charge on any atom is -0.478 e. The van der Waals surface area contributed by atoms with E-state index >= 15 is 0 Å². The maximum absolute atomic E-state index is 10.7. The number of carboxylic acids is 1. The lowest BCUT2D eigenvalue weighted by Crippen LogP contribution is -2.30. The van der Waals surface area contributed by atoms with Gasteiger partial charge in [-0.3, -0.25) is 4.79 Å². The summed E-state index contributed by atoms with van der Waals surface area (Å²) in [6.45, 7) is 11.0. The third-order valence-electron chi connectivity index (χ3n) is 6.08. The predicted octanol–water partition coefficient (Wildman–Crippen LogP) is 4.73. The van der Waals surface area contributed by atoms with Crippen molar-refractivity contribution in [3.8, 4) is 0 Å². The van der Waals surface area contributed by atoms with Gasteiger partial charge in [0.2, 0.25) is 0 Å². The molecule has 1 N–H and O–H groups in total. The molecule has 2 aliphatic rings. The largest absolute Gasteiger partial charge is 0.478 e. The van der Waals surface area contributed by atoms with Gasteiger partial charge in [0.15, 0.2) is 0 Å². The van der Waals surface area contributed by atoms with Gasteiger partial charge in [-0.15, -0.1) is 0 Å². The molecule has 160 valence electrons. The number of likely N-dealkylation sites (N-methyl/N-ethyl adjacent to an activating group) is 1. The van der Waals surface area contributed by atoms with E-state index in [0.29, 0.717) is 29.8 Å². The second-order valence-electron chi connectivity index (χ2n) is 8.73. The standard InChI is InChI=1S/C13H17NO2.C11H18O2/c1-14-8-2-3-12(9-14)10-4-6-11(7-5-10)13(15)16;1-8-4-9(2)6-11(5-8)10(3)13-7-12/h4-7,12H,2-3,8-9H2,1H3,(H,15,16);7,9-11H,1,4-6H2,2-3H3. The molecule has 1 saturated carbocycles. The number of benzene rings is 1. The maximum Gasteiger partial charge on any atom is 0.335 e. The normalized spacial score (nSPS) is 26.0. The van der Waals surface area contributed by atoms with Crippen molar-refractivity contribution in [3.05, 3.63) is 47.5 Å². The average molecular weight is 402 g/mol. The van der Waals surface area contributed by atoms with Gasteiger partial charge in [0, 0.05) is 6.54 Å². The van der Waals surface area contributed by atoms with E-state index < -0.39 is 5.97 Å². The molecule has 0 amide bonds. The van der Waals surface area contributed by atoms with Crippen LogP contribution in [-0.4, -0.2) is 48.7 Å². The highest BCUT2D eigenvalue weighted by atomic mass is 16.5. The minimum atomic E-state index is -0.854. The first-order valence-electron chi connectivity index (χ1n) is 10.6. The summed E-state index contributed by atoms with van der Waals surface area (Å²) in [5.74, 6) is 0.860. The zero-order valence-corrected chi connectivity index (χ0v) is 18.0. The molecule has 1 aromatic rings. The van der Waals surface area contributed by atoms with E-state index in [0.717, 1.165) is 25.8 Å². The fourth-order valence-electron chi connectivity index (χ4n) is 4.52. The summed E-state index contributed by atoms with van der Waals surface area (Å²) in [6, 6.07) is 7.30. The van der Waals surface area contributed by atoms with Gasteiger partial charge in [-0.05, 0) is 88.1 Å². The summed E-state index contributed by atoms with van der Waals surface area (Å²) < 4.78 is 4.96. The average Bonchev–Trinajstić information content (AvgIpc) is 2.68. The Kier molecular flexibility index (Phi) is 8.90. The lowest BCUT2D eigenvalue weighted by molar-refractivity contribution is -0.135. The monoisotopic (exact) mass is 401 g/mol. The van der Waals surface area contributed by atoms with Crippen LogP contribution in [-0.2, 0) is 9.53 Å². The van der Waals surface area contributed by atoms with Crippen LogP contribution in [0.25, 0.3) is 0 Å². The van der Waals surface area contributed by atoms with E-state index in [2.05, 4.69) is 25.5 Å². The molecule has 0 spiro atoms. The van der Waals surface area contributed by atoms with Gasteiger partial charge < -0.3 is 14.7 Å². The number of rotatable bonds is 5. The number of allylic oxidation sites excluding steroid dienone is 1. The summed E-state index contributed by atoms with van der Waals surface area (Å²) in [4.78, 5) is 23.2. The fraction of sp³-hybridized carbons (Fsp3) is 0.583. The summed E-state index contributed by atoms with van der Waals surface area (Å²) in [5, 5.41) is 8.82. The molecule has 1 aromatic carbocycles. The number of aromatic carboxylic acids is 1. The molecular formula is C24H35NO4. The summed E-state index contributed by atoms with van der Waals surface area (Å²) in [7, 11) is 2.14. The third kappa shape index (κ3) is 7.32. The molecule has 3 rings (SSSR count). The van der Waals surface area contributed by atoms with Gasteiger partial charge in [0.25, 0.3) is 6.47 Å². The number of ether oxygens (including phenoxy) is 1. The van der Waals surface area contributed by atoms with Crippen molar-refractivity contribution in [1.29, 1.82) is 0 Å². The first-order valence-corrected chi connectivity index (χ1v) is 10.6. The third-order valence-corrected chi connectivity index (χ3v) is 6.08. The molecule has 5 nitrogen and oxygen atoms in total. The number of piperidine rings is 1. The van der Waals surface area contributed by atoms with Crippen molar-refractivity contribution < 1.29 is 19.4 Å². The van der Waals surface area contributed by atoms with Crippen molar-refractivity contribution in [2.24, 2.45) is 11.8 Å². The van der Waals surface area contributed by atoms with Crippen LogP contribution < -0.4 is 0 Å². The molecule has 4 unspecified atom stereocenters. The van der Waals surface area contributed by atoms with Crippen LogP contribution in [0.15, 0.2) is 36.4 Å². The molecule has 4 atom stereocenters. The van der Waals surface area contributed by atoms with E-state index in [9.17, 15) is 9.59 Å². The topological polar surface area (TPSA) is 66.8 Å². The molecule has 0 aromatic heterocycles. The highest BCUT2D eigenvalue weighted by Crippen LogP contribution is 2.34. The molecule has 0 bridgehead atoms. The zero-order chi connectivity index (χ0) is 21.4. The lowest BCUT2D eigenvalue weighted by Gasteiger charge is -2.31. The Bertz CT molecular complexity index is 685. The van der Waals surface area contributed by atoms with Crippen molar-refractivity contribution >= 4 is 12.4 Å². The molecule has 1 saturated heterocycles. The first kappa shape index (κ1) is 23.1. The molecule has 2 fully saturated rings. The lowest BCUT2D eigenvalue weighted by atomic mass is 9.78. The van der Waals surface area contributed by atoms with Crippen LogP contribution in [0.3, 0.4) is 0 Å². The second-order valence-corrected chi connectivity index (χ2v) is 8.73. The van der Waals surface area contributed by atoms with Gasteiger partial charge in [-0.2, -0.15) is 0 Å². The van der Waals surface area contributed by atoms with Gasteiger partial charge in [0.05, 0.1) is 5.56 Å². The number of hydrogen-bond acceptors (Lipinski definition) is 4. The number of carbonyl (C=O) groups is 2. The van der Waals surface area contributed by atoms with Crippen LogP contribution in [0.1, 0.15) is 67.8 Å². The number of likely N-dealkylation sites (tertiary alicyclic amines) is 1. The van der Waals surface area contributed by atoms with Crippen molar-refractivity contribution in [2.75, 3.05) is 20.1 Å². The summed E-state index contributed by atoms with van der Waals surface area (Å²) >= 11 is 0. The maximum atomic E-state index is 10.7. The summed E-state index contributed by atoms with van der Waals surface area (Å²) in [5.41, 5.74) is 2.93. The van der Waals surface area contributed by atoms with E-state index in [4.69, 9.17) is 9.84 Å². The Morgan fingerprint density at radius 3 is 2.55 bits per heavy atom. The number of hydrogen-bond donors (Lipinski definition) is 1. The van der Waals surface area contributed by atoms with Crippen molar-refractivity contribution in [1.82, 2.24) is 4.90 Å². The Balaban J connectivity index is 0.000000212. The Labute approximate surface area is 174 Å². The van der Waals surface area contributed by atoms with Crippen LogP contribution in [0.5, 0.6) is 0 Å². The molecule has 1 aliphatic heterocycles. The Morgan fingerprint density at radius 1 is 1.31 bits per heavy atom. The number of carboxylic acid groups (broad SMARTS) is 1. The number of nitrogens with zero attached hydrogens (tertiary/aromatic N) is 1. The number of carbonyl (C=O) groups excluding carboxylic acids is 1. The fourth-order valence-corrected chi connectivity index (χ4v) is 4.52. The van der Waals surface area contributed by atoms with Gasteiger partial charge >= 0.3 is 5.97 Å². The Hall–Kier alpha value is -2.14. The van der Waals surface area contributed by atoms with E-state index in [1.807, 2.05) is 19.1 Å². The van der Waals surface area contributed by atoms with Gasteiger partial charge in [-0.25, -0.2) is 4.79 Å². The molecule has 5 heteroatoms. The smallest absolute Gasteiger partial charge is 0.335 e. The zero-order valence-electron chi connectivity index (χ0n) is 18.0. The summed E-state index contributed by atoms with van der Waals surface area (Å²) in [6.07, 6.45) is 5.76. The van der Waals surface area contributed by atoms with Gasteiger partial charge in [-0.1, -0.05) is 31.2 Å². The van der Waals surface area contributed by atoms with E-state index in [1.165, 1.54) is 30.5 Å². The molecular weight excluding hydrogens is 366 g/mol. The highest BCUT2D eigenvalue weighted by Gasteiger charge is 2.26. The second kappa shape index (κ2) is 11.1. The SMILES string of the molecule is C=C1CC(C)CC(C(C)OC=O)C1.CN1CCCC(c2ccc(C(=O)O)cc2)C1. The van der Waals surface area contributed by atoms with Gasteiger partial charge in [0.1, 0.15) is 6.10 Å². The molecule has 0 radical (unpaired) electrons. The van der Waals surface area contributed by atoms with Crippen molar-refractivity contribution in [2.45, 2.75) is 58.0 Å². The first-order chi connectivity index (χ1) is 13.8. The predicted molar refractivity (Wildman–Crippen MR) is 115 cm³/mol. The molecule has 1 aliphatic carbocycles. The van der Waals surface area contributed by atoms with Crippen LogP contribution >= 0.6 is 0 Å². The van der Waals surface area contributed by atoms with Crippen LogP contribution in [0.4, 0.5) is 0 Å². The Morgan fingerprint density at radius 2 is 2.00 bits per heavy atom. The van der Waals surface area contributed by atoms with Crippen LogP contribution in [0, 0.1) is 11.8 Å². The van der Waals surface area contributed by atoms with Crippen LogP contribution in [0.2, 0.25) is 0 Å². The minimum absolute atomic E-state index is 0.0389. The van der Waals surface area contributed by atoms with E-state index in [1.54, 1.807) is 12.1 Å². The van der Waals surface area contributed by atoms with E-state index in [-0.39, 0.29) is 6.10 Å². The highest BCUT2D eigenvalue weighted by molar-refractivity contribution is 5.87. The van der Waals surface area contributed by atoms with Crippen molar-refractivity contribution in [3.63, 3.8) is 0 Å². The molecule has 29 heavy (non-hydrogen) atoms. The quantitative estimate of drug-likeness (QED) is 0.570.